The molecule has 0 saturated heterocycles. The molecule has 0 saturated carbocycles. The zero-order chi connectivity index (χ0) is 17.0. The van der Waals surface area contributed by atoms with E-state index in [1.54, 1.807) is 0 Å². The number of rotatable bonds is 5. The fourth-order valence-corrected chi connectivity index (χ4v) is 1.87. The van der Waals surface area contributed by atoms with Gasteiger partial charge in [0.2, 0.25) is 5.69 Å². The van der Waals surface area contributed by atoms with Crippen LogP contribution in [0.3, 0.4) is 0 Å². The Morgan fingerprint density at radius 3 is 2.39 bits per heavy atom. The van der Waals surface area contributed by atoms with Crippen molar-refractivity contribution >= 4 is 17.7 Å². The maximum atomic E-state index is 13.6. The highest BCUT2D eigenvalue weighted by molar-refractivity contribution is 6.01. The second-order valence-electron chi connectivity index (χ2n) is 4.33. The van der Waals surface area contributed by atoms with E-state index in [-0.39, 0.29) is 17.0 Å². The van der Waals surface area contributed by atoms with Crippen LogP contribution in [0, 0.1) is 5.82 Å². The van der Waals surface area contributed by atoms with Crippen LogP contribution in [-0.2, 0) is 16.0 Å². The van der Waals surface area contributed by atoms with Gasteiger partial charge in [0, 0.05) is 0 Å². The van der Waals surface area contributed by atoms with Crippen LogP contribution in [0.15, 0.2) is 24.3 Å². The first-order chi connectivity index (χ1) is 11.0. The number of Topliss-reactive ketones (excluding diaryl/α,β-unsaturated/α-hetero) is 1. The molecule has 120 valence electrons. The van der Waals surface area contributed by atoms with Crippen LogP contribution in [-0.4, -0.2) is 46.9 Å². The van der Waals surface area contributed by atoms with Gasteiger partial charge in [-0.25, -0.2) is 18.7 Å². The van der Waals surface area contributed by atoms with Gasteiger partial charge in [-0.1, -0.05) is 17.3 Å². The molecule has 0 aliphatic rings. The number of hydrogen-bond donors (Lipinski definition) is 0. The highest BCUT2D eigenvalue weighted by Crippen LogP contribution is 2.12. The van der Waals surface area contributed by atoms with E-state index in [0.717, 1.165) is 25.0 Å². The van der Waals surface area contributed by atoms with Crippen LogP contribution in [0.4, 0.5) is 4.39 Å². The summed E-state index contributed by atoms with van der Waals surface area (Å²) < 4.78 is 23.5. The first-order valence-corrected chi connectivity index (χ1v) is 6.37. The van der Waals surface area contributed by atoms with E-state index in [1.165, 1.54) is 18.2 Å². The SMILES string of the molecule is COC(=O)c1nnn(CC(=O)c2ccccc2F)c1C(=O)OC. The van der Waals surface area contributed by atoms with Crippen molar-refractivity contribution in [3.63, 3.8) is 0 Å². The van der Waals surface area contributed by atoms with Gasteiger partial charge in [-0.2, -0.15) is 0 Å². The summed E-state index contributed by atoms with van der Waals surface area (Å²) in [6, 6.07) is 5.37. The molecular formula is C14H12FN3O5. The molecule has 0 atom stereocenters. The Kier molecular flexibility index (Phi) is 4.79. The average molecular weight is 321 g/mol. The lowest BCUT2D eigenvalue weighted by Crippen LogP contribution is -2.20. The molecule has 8 nitrogen and oxygen atoms in total. The van der Waals surface area contributed by atoms with E-state index in [4.69, 9.17) is 0 Å². The summed E-state index contributed by atoms with van der Waals surface area (Å²) in [5.41, 5.74) is -0.900. The van der Waals surface area contributed by atoms with Gasteiger partial charge in [-0.05, 0) is 12.1 Å². The second kappa shape index (κ2) is 6.77. The maximum absolute atomic E-state index is 13.6. The molecule has 1 aromatic carbocycles. The van der Waals surface area contributed by atoms with Crippen molar-refractivity contribution < 1.29 is 28.2 Å². The molecule has 2 rings (SSSR count). The number of carbonyl (C=O) groups is 3. The fourth-order valence-electron chi connectivity index (χ4n) is 1.87. The zero-order valence-corrected chi connectivity index (χ0v) is 12.3. The second-order valence-corrected chi connectivity index (χ2v) is 4.33. The van der Waals surface area contributed by atoms with Crippen molar-refractivity contribution in [2.45, 2.75) is 6.54 Å². The van der Waals surface area contributed by atoms with Crippen LogP contribution >= 0.6 is 0 Å². The van der Waals surface area contributed by atoms with E-state index < -0.39 is 30.1 Å². The van der Waals surface area contributed by atoms with E-state index in [1.807, 2.05) is 0 Å². The average Bonchev–Trinajstić information content (AvgIpc) is 2.97. The topological polar surface area (TPSA) is 100 Å². The number of hydrogen-bond acceptors (Lipinski definition) is 7. The molecule has 23 heavy (non-hydrogen) atoms. The summed E-state index contributed by atoms with van der Waals surface area (Å²) in [6.45, 7) is -0.491. The number of halogens is 1. The first kappa shape index (κ1) is 16.3. The van der Waals surface area contributed by atoms with Gasteiger partial charge in [0.25, 0.3) is 0 Å². The standard InChI is InChI=1S/C14H12FN3O5/c1-22-13(20)11-12(14(21)23-2)18(17-16-11)7-10(19)8-5-3-4-6-9(8)15/h3-6H,7H2,1-2H3. The van der Waals surface area contributed by atoms with Gasteiger partial charge in [0.1, 0.15) is 12.4 Å². The van der Waals surface area contributed by atoms with E-state index in [2.05, 4.69) is 19.8 Å². The van der Waals surface area contributed by atoms with E-state index in [9.17, 15) is 18.8 Å². The summed E-state index contributed by atoms with van der Waals surface area (Å²) >= 11 is 0. The molecule has 0 unspecified atom stereocenters. The van der Waals surface area contributed by atoms with Gasteiger partial charge < -0.3 is 9.47 Å². The lowest BCUT2D eigenvalue weighted by atomic mass is 10.1. The van der Waals surface area contributed by atoms with Gasteiger partial charge in [-0.3, -0.25) is 4.79 Å². The zero-order valence-electron chi connectivity index (χ0n) is 12.3. The van der Waals surface area contributed by atoms with Crippen molar-refractivity contribution in [2.75, 3.05) is 14.2 Å². The summed E-state index contributed by atoms with van der Waals surface area (Å²) in [4.78, 5) is 35.5. The molecular weight excluding hydrogens is 309 g/mol. The lowest BCUT2D eigenvalue weighted by Gasteiger charge is -2.06. The Morgan fingerprint density at radius 2 is 1.78 bits per heavy atom. The first-order valence-electron chi connectivity index (χ1n) is 6.37. The summed E-state index contributed by atoms with van der Waals surface area (Å²) in [5, 5.41) is 7.09. The lowest BCUT2D eigenvalue weighted by molar-refractivity contribution is 0.0543. The molecule has 0 amide bonds. The number of carbonyl (C=O) groups excluding carboxylic acids is 3. The maximum Gasteiger partial charge on any atom is 0.361 e. The van der Waals surface area contributed by atoms with Crippen molar-refractivity contribution in [2.24, 2.45) is 0 Å². The highest BCUT2D eigenvalue weighted by Gasteiger charge is 2.28. The molecule has 9 heteroatoms. The third-order valence-electron chi connectivity index (χ3n) is 2.96. The third-order valence-corrected chi connectivity index (χ3v) is 2.96. The Bertz CT molecular complexity index is 772. The molecule has 0 fully saturated rings. The molecule has 0 N–H and O–H groups in total. The molecule has 0 aliphatic carbocycles. The molecule has 2 aromatic rings. The number of ether oxygens (including phenoxy) is 2. The fraction of sp³-hybridized carbons (Fsp3) is 0.214. The Labute approximate surface area is 129 Å². The summed E-state index contributed by atoms with van der Waals surface area (Å²) in [7, 11) is 2.20. The minimum Gasteiger partial charge on any atom is -0.464 e. The van der Waals surface area contributed by atoms with Crippen LogP contribution < -0.4 is 0 Å². The molecule has 0 aliphatic heterocycles. The van der Waals surface area contributed by atoms with Gasteiger partial charge in [0.15, 0.2) is 11.5 Å². The van der Waals surface area contributed by atoms with Gasteiger partial charge >= 0.3 is 11.9 Å². The third kappa shape index (κ3) is 3.23. The number of benzene rings is 1. The van der Waals surface area contributed by atoms with E-state index >= 15 is 0 Å². The Morgan fingerprint density at radius 1 is 1.13 bits per heavy atom. The van der Waals surface area contributed by atoms with Crippen LogP contribution in [0.1, 0.15) is 31.3 Å². The van der Waals surface area contributed by atoms with E-state index in [0.29, 0.717) is 0 Å². The predicted molar refractivity (Wildman–Crippen MR) is 73.4 cm³/mol. The predicted octanol–water partition coefficient (Wildman–Crippen LogP) is 0.873. The molecule has 1 heterocycles. The smallest absolute Gasteiger partial charge is 0.361 e. The van der Waals surface area contributed by atoms with Crippen molar-refractivity contribution in [1.82, 2.24) is 15.0 Å². The minimum absolute atomic E-state index is 0.168. The Hall–Kier alpha value is -3.10. The highest BCUT2D eigenvalue weighted by atomic mass is 19.1. The van der Waals surface area contributed by atoms with Gasteiger partial charge in [0.05, 0.1) is 19.8 Å². The Balaban J connectivity index is 2.38. The van der Waals surface area contributed by atoms with Crippen molar-refractivity contribution in [3.8, 4) is 0 Å². The monoisotopic (exact) mass is 321 g/mol. The molecule has 1 aromatic heterocycles. The number of methoxy groups -OCH3 is 2. The molecule has 0 radical (unpaired) electrons. The van der Waals surface area contributed by atoms with Gasteiger partial charge in [-0.15, -0.1) is 5.10 Å². The van der Waals surface area contributed by atoms with Crippen LogP contribution in [0.5, 0.6) is 0 Å². The number of nitrogens with zero attached hydrogens (tertiary/aromatic N) is 3. The minimum atomic E-state index is -0.920. The van der Waals surface area contributed by atoms with Crippen LogP contribution in [0.25, 0.3) is 0 Å². The van der Waals surface area contributed by atoms with Crippen LogP contribution in [0.2, 0.25) is 0 Å². The normalized spacial score (nSPS) is 10.2. The number of esters is 2. The molecule has 0 bridgehead atoms. The van der Waals surface area contributed by atoms with Crippen molar-refractivity contribution in [1.29, 1.82) is 0 Å². The summed E-state index contributed by atoms with van der Waals surface area (Å²) in [5.74, 6) is -3.17. The largest absolute Gasteiger partial charge is 0.464 e. The number of aromatic nitrogens is 3. The molecule has 0 spiro atoms. The summed E-state index contributed by atoms with van der Waals surface area (Å²) in [6.07, 6.45) is 0. The number of ketones is 1. The van der Waals surface area contributed by atoms with Crippen molar-refractivity contribution in [3.05, 3.63) is 47.0 Å². The quantitative estimate of drug-likeness (QED) is 0.595.